The highest BCUT2D eigenvalue weighted by atomic mass is 32.2. The lowest BCUT2D eigenvalue weighted by Crippen LogP contribution is -2.46. The number of hydrogen-bond acceptors (Lipinski definition) is 4. The summed E-state index contributed by atoms with van der Waals surface area (Å²) in [5.41, 5.74) is 0.431. The van der Waals surface area contributed by atoms with Crippen molar-refractivity contribution in [1.82, 2.24) is 10.2 Å². The Bertz CT molecular complexity index is 592. The molecule has 1 aliphatic heterocycles. The highest BCUT2D eigenvalue weighted by molar-refractivity contribution is 7.89. The molecule has 0 aliphatic carbocycles. The van der Waals surface area contributed by atoms with Gasteiger partial charge in [-0.1, -0.05) is 6.92 Å². The molecule has 0 aromatic heterocycles. The van der Waals surface area contributed by atoms with Crippen LogP contribution in [0.4, 0.5) is 0 Å². The molecule has 1 amide bonds. The van der Waals surface area contributed by atoms with Gasteiger partial charge in [0, 0.05) is 18.7 Å². The summed E-state index contributed by atoms with van der Waals surface area (Å²) in [5.74, 6) is -0.199. The minimum absolute atomic E-state index is 0.00522. The standard InChI is InChI=1S/C14H21N3O3S/c1-2-13(17-9-3-4-10-17)16-14(18)11-5-7-12(8-6-11)21(15,19)20/h5-8,13H,2-4,9-10H2,1H3,(H,16,18)(H2,15,19,20). The van der Waals surface area contributed by atoms with Crippen LogP contribution in [-0.4, -0.2) is 38.5 Å². The maximum absolute atomic E-state index is 12.2. The number of nitrogens with zero attached hydrogens (tertiary/aromatic N) is 1. The fourth-order valence-electron chi connectivity index (χ4n) is 2.54. The topological polar surface area (TPSA) is 92.5 Å². The van der Waals surface area contributed by atoms with Crippen LogP contribution in [0, 0.1) is 0 Å². The molecule has 1 heterocycles. The molecule has 116 valence electrons. The van der Waals surface area contributed by atoms with Crippen molar-refractivity contribution in [2.75, 3.05) is 13.1 Å². The van der Waals surface area contributed by atoms with E-state index in [0.717, 1.165) is 32.4 Å². The van der Waals surface area contributed by atoms with Crippen LogP contribution in [0.2, 0.25) is 0 Å². The van der Waals surface area contributed by atoms with Crippen molar-refractivity contribution in [1.29, 1.82) is 0 Å². The Morgan fingerprint density at radius 2 is 1.86 bits per heavy atom. The average molecular weight is 311 g/mol. The lowest BCUT2D eigenvalue weighted by Gasteiger charge is -2.27. The molecule has 3 N–H and O–H groups in total. The number of carbonyl (C=O) groups is 1. The fraction of sp³-hybridized carbons (Fsp3) is 0.500. The van der Waals surface area contributed by atoms with Gasteiger partial charge < -0.3 is 5.32 Å². The van der Waals surface area contributed by atoms with Gasteiger partial charge >= 0.3 is 0 Å². The molecule has 1 fully saturated rings. The second-order valence-electron chi connectivity index (χ2n) is 5.21. The van der Waals surface area contributed by atoms with E-state index in [1.54, 1.807) is 0 Å². The number of hydrogen-bond donors (Lipinski definition) is 2. The summed E-state index contributed by atoms with van der Waals surface area (Å²) >= 11 is 0. The molecule has 1 atom stereocenters. The van der Waals surface area contributed by atoms with Gasteiger partial charge in [0.15, 0.2) is 0 Å². The molecular formula is C14H21N3O3S. The summed E-state index contributed by atoms with van der Waals surface area (Å²) in [6.07, 6.45) is 3.18. The Morgan fingerprint density at radius 3 is 2.33 bits per heavy atom. The molecule has 1 unspecified atom stereocenters. The number of carbonyl (C=O) groups excluding carboxylic acids is 1. The van der Waals surface area contributed by atoms with Crippen molar-refractivity contribution in [3.05, 3.63) is 29.8 Å². The SMILES string of the molecule is CCC(NC(=O)c1ccc(S(N)(=O)=O)cc1)N1CCCC1. The monoisotopic (exact) mass is 311 g/mol. The van der Waals surface area contributed by atoms with Crippen molar-refractivity contribution in [2.24, 2.45) is 5.14 Å². The number of amides is 1. The number of likely N-dealkylation sites (tertiary alicyclic amines) is 1. The molecule has 1 aromatic rings. The summed E-state index contributed by atoms with van der Waals surface area (Å²) in [6, 6.07) is 5.65. The second-order valence-corrected chi connectivity index (χ2v) is 6.77. The van der Waals surface area contributed by atoms with Gasteiger partial charge in [-0.2, -0.15) is 0 Å². The minimum Gasteiger partial charge on any atom is -0.337 e. The van der Waals surface area contributed by atoms with Gasteiger partial charge in [-0.25, -0.2) is 13.6 Å². The van der Waals surface area contributed by atoms with E-state index in [2.05, 4.69) is 10.2 Å². The van der Waals surface area contributed by atoms with Gasteiger partial charge in [-0.3, -0.25) is 9.69 Å². The van der Waals surface area contributed by atoms with Crippen LogP contribution in [-0.2, 0) is 10.0 Å². The first kappa shape index (κ1) is 15.9. The third-order valence-corrected chi connectivity index (χ3v) is 4.64. The normalized spacial score (nSPS) is 17.6. The first-order chi connectivity index (χ1) is 9.91. The van der Waals surface area contributed by atoms with Gasteiger partial charge in [0.05, 0.1) is 11.1 Å². The Kier molecular flexibility index (Phi) is 4.97. The fourth-order valence-corrected chi connectivity index (χ4v) is 3.05. The molecule has 6 nitrogen and oxygen atoms in total. The maximum Gasteiger partial charge on any atom is 0.252 e. The molecule has 1 saturated heterocycles. The molecular weight excluding hydrogens is 290 g/mol. The number of rotatable bonds is 5. The minimum atomic E-state index is -3.73. The molecule has 0 radical (unpaired) electrons. The van der Waals surface area contributed by atoms with E-state index in [1.165, 1.54) is 24.3 Å². The summed E-state index contributed by atoms with van der Waals surface area (Å²) in [5, 5.41) is 8.02. The van der Waals surface area contributed by atoms with Gasteiger partial charge in [-0.15, -0.1) is 0 Å². The number of sulfonamides is 1. The highest BCUT2D eigenvalue weighted by Crippen LogP contribution is 2.14. The van der Waals surface area contributed by atoms with E-state index in [4.69, 9.17) is 5.14 Å². The number of nitrogens with two attached hydrogens (primary N) is 1. The number of primary sulfonamides is 1. The van der Waals surface area contributed by atoms with Crippen LogP contribution >= 0.6 is 0 Å². The summed E-state index contributed by atoms with van der Waals surface area (Å²) < 4.78 is 22.4. The van der Waals surface area contributed by atoms with E-state index >= 15 is 0 Å². The zero-order valence-corrected chi connectivity index (χ0v) is 12.9. The van der Waals surface area contributed by atoms with E-state index in [9.17, 15) is 13.2 Å². The van der Waals surface area contributed by atoms with E-state index in [0.29, 0.717) is 5.56 Å². The quantitative estimate of drug-likeness (QED) is 0.845. The first-order valence-electron chi connectivity index (χ1n) is 7.09. The number of benzene rings is 1. The molecule has 0 spiro atoms. The van der Waals surface area contributed by atoms with Crippen LogP contribution < -0.4 is 10.5 Å². The molecule has 2 rings (SSSR count). The largest absolute Gasteiger partial charge is 0.337 e. The zero-order valence-electron chi connectivity index (χ0n) is 12.1. The van der Waals surface area contributed by atoms with Crippen LogP contribution in [0.15, 0.2) is 29.2 Å². The predicted octanol–water partition coefficient (Wildman–Crippen LogP) is 0.896. The summed E-state index contributed by atoms with van der Waals surface area (Å²) in [7, 11) is -3.73. The lowest BCUT2D eigenvalue weighted by molar-refractivity contribution is 0.0868. The summed E-state index contributed by atoms with van der Waals surface area (Å²) in [4.78, 5) is 14.5. The van der Waals surface area contributed by atoms with E-state index in [-0.39, 0.29) is 17.0 Å². The summed E-state index contributed by atoms with van der Waals surface area (Å²) in [6.45, 7) is 4.04. The molecule has 0 bridgehead atoms. The van der Waals surface area contributed by atoms with Crippen LogP contribution in [0.25, 0.3) is 0 Å². The third-order valence-electron chi connectivity index (χ3n) is 3.71. The van der Waals surface area contributed by atoms with E-state index < -0.39 is 10.0 Å². The molecule has 1 aromatic carbocycles. The first-order valence-corrected chi connectivity index (χ1v) is 8.64. The van der Waals surface area contributed by atoms with Crippen LogP contribution in [0.3, 0.4) is 0 Å². The Balaban J connectivity index is 2.05. The molecule has 1 aliphatic rings. The van der Waals surface area contributed by atoms with Gasteiger partial charge in [0.1, 0.15) is 0 Å². The van der Waals surface area contributed by atoms with Crippen molar-refractivity contribution in [2.45, 2.75) is 37.2 Å². The van der Waals surface area contributed by atoms with E-state index in [1.807, 2.05) is 6.92 Å². The Hall–Kier alpha value is -1.44. The average Bonchev–Trinajstić information content (AvgIpc) is 2.97. The van der Waals surface area contributed by atoms with Crippen molar-refractivity contribution in [3.63, 3.8) is 0 Å². The van der Waals surface area contributed by atoms with Crippen molar-refractivity contribution >= 4 is 15.9 Å². The molecule has 21 heavy (non-hydrogen) atoms. The smallest absolute Gasteiger partial charge is 0.252 e. The second kappa shape index (κ2) is 6.55. The zero-order chi connectivity index (χ0) is 15.5. The molecule has 0 saturated carbocycles. The predicted molar refractivity (Wildman–Crippen MR) is 80.2 cm³/mol. The van der Waals surface area contributed by atoms with Crippen LogP contribution in [0.1, 0.15) is 36.5 Å². The maximum atomic E-state index is 12.2. The Morgan fingerprint density at radius 1 is 1.29 bits per heavy atom. The van der Waals surface area contributed by atoms with Crippen molar-refractivity contribution < 1.29 is 13.2 Å². The molecule has 7 heteroatoms. The van der Waals surface area contributed by atoms with Gasteiger partial charge in [0.2, 0.25) is 10.0 Å². The lowest BCUT2D eigenvalue weighted by atomic mass is 10.2. The van der Waals surface area contributed by atoms with Gasteiger partial charge in [0.25, 0.3) is 5.91 Å². The third kappa shape index (κ3) is 4.03. The van der Waals surface area contributed by atoms with Crippen molar-refractivity contribution in [3.8, 4) is 0 Å². The number of nitrogens with one attached hydrogen (secondary N) is 1. The van der Waals surface area contributed by atoms with Crippen LogP contribution in [0.5, 0.6) is 0 Å². The Labute approximate surface area is 125 Å². The highest BCUT2D eigenvalue weighted by Gasteiger charge is 2.22. The van der Waals surface area contributed by atoms with Gasteiger partial charge in [-0.05, 0) is 43.5 Å².